The maximum absolute atomic E-state index is 11.9. The van der Waals surface area contributed by atoms with E-state index in [-0.39, 0.29) is 4.90 Å². The van der Waals surface area contributed by atoms with Gasteiger partial charge in [0, 0.05) is 12.4 Å². The largest absolute Gasteiger partial charge is 0.389 e. The average Bonchev–Trinajstić information content (AvgIpc) is 2.50. The molecular weight excluding hydrogens is 228 g/mol. The van der Waals surface area contributed by atoms with Gasteiger partial charge in [0.05, 0.1) is 16.0 Å². The average molecular weight is 246 g/mol. The highest BCUT2D eigenvalue weighted by Gasteiger charge is 2.38. The van der Waals surface area contributed by atoms with Gasteiger partial charge in [0.1, 0.15) is 0 Å². The van der Waals surface area contributed by atoms with E-state index < -0.39 is 21.2 Å². The summed E-state index contributed by atoms with van der Waals surface area (Å²) in [4.78, 5) is 2.84. The molecule has 16 heavy (non-hydrogen) atoms. The van der Waals surface area contributed by atoms with Crippen molar-refractivity contribution in [3.63, 3.8) is 0 Å². The first-order valence-corrected chi connectivity index (χ1v) is 6.44. The molecule has 0 unspecified atom stereocenters. The lowest BCUT2D eigenvalue weighted by Gasteiger charge is -2.37. The van der Waals surface area contributed by atoms with Crippen LogP contribution in [0.4, 0.5) is 0 Å². The highest BCUT2D eigenvalue weighted by molar-refractivity contribution is 7.89. The SMILES string of the molecule is CC(C)(O)C(C)(C)NS(=O)(=O)c1cc[nH]c1. The van der Waals surface area contributed by atoms with Gasteiger partial charge < -0.3 is 10.1 Å². The third kappa shape index (κ3) is 2.63. The smallest absolute Gasteiger partial charge is 0.242 e. The Morgan fingerprint density at radius 3 is 2.25 bits per heavy atom. The van der Waals surface area contributed by atoms with E-state index in [0.717, 1.165) is 0 Å². The van der Waals surface area contributed by atoms with E-state index in [1.54, 1.807) is 27.7 Å². The predicted molar refractivity (Wildman–Crippen MR) is 61.5 cm³/mol. The first-order chi connectivity index (χ1) is 7.06. The van der Waals surface area contributed by atoms with Gasteiger partial charge in [-0.05, 0) is 33.8 Å². The summed E-state index contributed by atoms with van der Waals surface area (Å²) in [6.45, 7) is 6.40. The van der Waals surface area contributed by atoms with Crippen molar-refractivity contribution in [3.05, 3.63) is 18.5 Å². The quantitative estimate of drug-likeness (QED) is 0.736. The molecule has 0 fully saturated rings. The van der Waals surface area contributed by atoms with Gasteiger partial charge >= 0.3 is 0 Å². The summed E-state index contributed by atoms with van der Waals surface area (Å²) in [5, 5.41) is 9.87. The van der Waals surface area contributed by atoms with Gasteiger partial charge in [-0.1, -0.05) is 0 Å². The normalized spacial score (nSPS) is 14.1. The molecule has 1 aromatic rings. The molecule has 0 aromatic carbocycles. The molecule has 0 amide bonds. The van der Waals surface area contributed by atoms with Crippen LogP contribution < -0.4 is 4.72 Å². The summed E-state index contributed by atoms with van der Waals surface area (Å²) in [5.41, 5.74) is -2.11. The lowest BCUT2D eigenvalue weighted by molar-refractivity contribution is 0.00639. The third-order valence-corrected chi connectivity index (χ3v) is 4.45. The second kappa shape index (κ2) is 3.87. The summed E-state index contributed by atoms with van der Waals surface area (Å²) >= 11 is 0. The minimum absolute atomic E-state index is 0.157. The van der Waals surface area contributed by atoms with E-state index in [2.05, 4.69) is 9.71 Å². The van der Waals surface area contributed by atoms with Crippen LogP contribution in [0.2, 0.25) is 0 Å². The first-order valence-electron chi connectivity index (χ1n) is 4.95. The molecule has 1 aromatic heterocycles. The third-order valence-electron chi connectivity index (χ3n) is 2.80. The number of hydrogen-bond donors (Lipinski definition) is 3. The standard InChI is InChI=1S/C10H18N2O3S/c1-9(2,10(3,4)13)12-16(14,15)8-5-6-11-7-8/h5-7,11-13H,1-4H3. The molecule has 0 spiro atoms. The van der Waals surface area contributed by atoms with Crippen LogP contribution in [-0.4, -0.2) is 29.6 Å². The Morgan fingerprint density at radius 2 is 1.88 bits per heavy atom. The maximum Gasteiger partial charge on any atom is 0.242 e. The summed E-state index contributed by atoms with van der Waals surface area (Å²) in [6, 6.07) is 1.46. The predicted octanol–water partition coefficient (Wildman–Crippen LogP) is 0.842. The van der Waals surface area contributed by atoms with Gasteiger partial charge in [0.15, 0.2) is 0 Å². The van der Waals surface area contributed by atoms with Gasteiger partial charge in [-0.25, -0.2) is 13.1 Å². The first kappa shape index (κ1) is 13.2. The Bertz CT molecular complexity index is 441. The van der Waals surface area contributed by atoms with E-state index in [1.165, 1.54) is 18.5 Å². The molecule has 3 N–H and O–H groups in total. The number of aliphatic hydroxyl groups is 1. The Morgan fingerprint density at radius 1 is 1.31 bits per heavy atom. The maximum atomic E-state index is 11.9. The Balaban J connectivity index is 2.99. The fraction of sp³-hybridized carbons (Fsp3) is 0.600. The molecule has 5 nitrogen and oxygen atoms in total. The fourth-order valence-corrected chi connectivity index (χ4v) is 2.51. The molecule has 92 valence electrons. The van der Waals surface area contributed by atoms with Crippen molar-refractivity contribution in [1.29, 1.82) is 0 Å². The topological polar surface area (TPSA) is 82.2 Å². The van der Waals surface area contributed by atoms with Crippen LogP contribution in [-0.2, 0) is 10.0 Å². The molecule has 0 atom stereocenters. The van der Waals surface area contributed by atoms with E-state index in [0.29, 0.717) is 0 Å². The van der Waals surface area contributed by atoms with Crippen LogP contribution in [0.25, 0.3) is 0 Å². The fourth-order valence-electron chi connectivity index (χ4n) is 0.995. The van der Waals surface area contributed by atoms with Crippen molar-refractivity contribution in [3.8, 4) is 0 Å². The zero-order valence-corrected chi connectivity index (χ0v) is 10.7. The summed E-state index contributed by atoms with van der Waals surface area (Å²) < 4.78 is 26.3. The summed E-state index contributed by atoms with van der Waals surface area (Å²) in [7, 11) is -3.60. The molecule has 0 aliphatic carbocycles. The van der Waals surface area contributed by atoms with E-state index >= 15 is 0 Å². The molecule has 1 heterocycles. The Labute approximate surface area is 95.9 Å². The summed E-state index contributed by atoms with van der Waals surface area (Å²) in [5.74, 6) is 0. The molecule has 0 saturated heterocycles. The molecule has 1 rings (SSSR count). The monoisotopic (exact) mass is 246 g/mol. The van der Waals surface area contributed by atoms with Crippen molar-refractivity contribution in [2.45, 2.75) is 43.7 Å². The number of aromatic amines is 1. The van der Waals surface area contributed by atoms with Crippen LogP contribution in [0.5, 0.6) is 0 Å². The van der Waals surface area contributed by atoms with E-state index in [9.17, 15) is 13.5 Å². The highest BCUT2D eigenvalue weighted by Crippen LogP contribution is 2.23. The van der Waals surface area contributed by atoms with Crippen LogP contribution in [0.3, 0.4) is 0 Å². The van der Waals surface area contributed by atoms with Crippen LogP contribution >= 0.6 is 0 Å². The molecule has 0 aliphatic heterocycles. The highest BCUT2D eigenvalue weighted by atomic mass is 32.2. The van der Waals surface area contributed by atoms with Crippen molar-refractivity contribution in [2.75, 3.05) is 0 Å². The number of sulfonamides is 1. The van der Waals surface area contributed by atoms with E-state index in [4.69, 9.17) is 0 Å². The van der Waals surface area contributed by atoms with E-state index in [1.807, 2.05) is 0 Å². The van der Waals surface area contributed by atoms with Crippen molar-refractivity contribution < 1.29 is 13.5 Å². The minimum Gasteiger partial charge on any atom is -0.389 e. The molecule has 0 aliphatic rings. The van der Waals surface area contributed by atoms with Crippen LogP contribution in [0.1, 0.15) is 27.7 Å². The number of rotatable bonds is 4. The zero-order valence-electron chi connectivity index (χ0n) is 9.90. The second-order valence-corrected chi connectivity index (χ2v) is 6.52. The summed E-state index contributed by atoms with van der Waals surface area (Å²) in [6.07, 6.45) is 2.93. The second-order valence-electron chi connectivity index (χ2n) is 4.84. The van der Waals surface area contributed by atoms with Gasteiger partial charge in [0.25, 0.3) is 0 Å². The Hall–Kier alpha value is -0.850. The van der Waals surface area contributed by atoms with Gasteiger partial charge in [-0.15, -0.1) is 0 Å². The van der Waals surface area contributed by atoms with Crippen molar-refractivity contribution in [1.82, 2.24) is 9.71 Å². The lowest BCUT2D eigenvalue weighted by atomic mass is 9.87. The molecular formula is C10H18N2O3S. The number of nitrogens with one attached hydrogen (secondary N) is 2. The molecule has 0 saturated carbocycles. The van der Waals surface area contributed by atoms with Crippen molar-refractivity contribution in [2.24, 2.45) is 0 Å². The molecule has 6 heteroatoms. The zero-order chi connectivity index (χ0) is 12.6. The number of H-pyrrole nitrogens is 1. The van der Waals surface area contributed by atoms with Gasteiger partial charge in [0.2, 0.25) is 10.0 Å². The van der Waals surface area contributed by atoms with Gasteiger partial charge in [-0.2, -0.15) is 0 Å². The Kier molecular flexibility index (Phi) is 3.20. The van der Waals surface area contributed by atoms with Crippen molar-refractivity contribution >= 4 is 10.0 Å². The number of aromatic nitrogens is 1. The molecule has 0 bridgehead atoms. The van der Waals surface area contributed by atoms with Gasteiger partial charge in [-0.3, -0.25) is 0 Å². The van der Waals surface area contributed by atoms with Crippen LogP contribution in [0, 0.1) is 0 Å². The minimum atomic E-state index is -3.60. The van der Waals surface area contributed by atoms with Crippen LogP contribution in [0.15, 0.2) is 23.4 Å². The molecule has 0 radical (unpaired) electrons. The lowest BCUT2D eigenvalue weighted by Crippen LogP contribution is -2.57. The number of hydrogen-bond acceptors (Lipinski definition) is 3.